The predicted molar refractivity (Wildman–Crippen MR) is 66.0 cm³/mol. The van der Waals surface area contributed by atoms with E-state index in [9.17, 15) is 5.11 Å². The van der Waals surface area contributed by atoms with Gasteiger partial charge in [-0.15, -0.1) is 0 Å². The molecule has 6 heteroatoms. The zero-order valence-corrected chi connectivity index (χ0v) is 11.1. The molecule has 0 aromatic carbocycles. The lowest BCUT2D eigenvalue weighted by atomic mass is 9.84. The van der Waals surface area contributed by atoms with E-state index in [4.69, 9.17) is 14.5 Å². The third-order valence-electron chi connectivity index (χ3n) is 3.66. The summed E-state index contributed by atoms with van der Waals surface area (Å²) in [5, 5.41) is 22.1. The zero-order valence-electron chi connectivity index (χ0n) is 11.1. The quantitative estimate of drug-likeness (QED) is 0.871. The molecule has 1 atom stereocenters. The second kappa shape index (κ2) is 6.13. The van der Waals surface area contributed by atoms with Crippen LogP contribution in [0.15, 0.2) is 4.52 Å². The Balaban J connectivity index is 2.09. The molecule has 0 bridgehead atoms. The molecule has 0 amide bonds. The van der Waals surface area contributed by atoms with Crippen LogP contribution in [0.3, 0.4) is 0 Å². The average Bonchev–Trinajstić information content (AvgIpc) is 2.89. The molecule has 104 valence electrons. The van der Waals surface area contributed by atoms with E-state index in [1.54, 1.807) is 7.11 Å². The summed E-state index contributed by atoms with van der Waals surface area (Å²) in [6.07, 6.45) is 4.68. The molecule has 0 radical (unpaired) electrons. The number of rotatable bonds is 5. The van der Waals surface area contributed by atoms with Gasteiger partial charge in [0, 0.05) is 7.11 Å². The molecule has 1 N–H and O–H groups in total. The molecule has 1 heterocycles. The second-order valence-electron chi connectivity index (χ2n) is 4.99. The van der Waals surface area contributed by atoms with Gasteiger partial charge in [-0.3, -0.25) is 0 Å². The molecule has 1 aromatic heterocycles. The minimum Gasteiger partial charge on any atom is -0.392 e. The lowest BCUT2D eigenvalue weighted by Crippen LogP contribution is -2.32. The van der Waals surface area contributed by atoms with Gasteiger partial charge in [-0.05, 0) is 12.8 Å². The first-order valence-electron chi connectivity index (χ1n) is 6.63. The van der Waals surface area contributed by atoms with Crippen molar-refractivity contribution >= 4 is 0 Å². The summed E-state index contributed by atoms with van der Waals surface area (Å²) in [7, 11) is 1.67. The Morgan fingerprint density at radius 1 is 1.47 bits per heavy atom. The summed E-state index contributed by atoms with van der Waals surface area (Å²) in [5.41, 5.74) is -0.444. The molecule has 0 aliphatic heterocycles. The fourth-order valence-corrected chi connectivity index (χ4v) is 2.54. The van der Waals surface area contributed by atoms with E-state index >= 15 is 0 Å². The molecule has 6 nitrogen and oxygen atoms in total. The van der Waals surface area contributed by atoms with Crippen LogP contribution in [0.1, 0.15) is 50.2 Å². The Morgan fingerprint density at radius 3 is 2.84 bits per heavy atom. The monoisotopic (exact) mass is 265 g/mol. The summed E-state index contributed by atoms with van der Waals surface area (Å²) in [6.45, 7) is 0. The minimum atomic E-state index is -0.761. The lowest BCUT2D eigenvalue weighted by molar-refractivity contribution is -0.0527. The van der Waals surface area contributed by atoms with Gasteiger partial charge in [0.15, 0.2) is 0 Å². The topological polar surface area (TPSA) is 92.2 Å². The molecule has 0 saturated heterocycles. The fourth-order valence-electron chi connectivity index (χ4n) is 2.54. The van der Waals surface area contributed by atoms with Crippen LogP contribution < -0.4 is 0 Å². The molecule has 19 heavy (non-hydrogen) atoms. The number of ether oxygens (including phenoxy) is 1. The van der Waals surface area contributed by atoms with Crippen LogP contribution >= 0.6 is 0 Å². The van der Waals surface area contributed by atoms with Crippen molar-refractivity contribution < 1.29 is 14.4 Å². The number of aliphatic hydroxyl groups is 1. The predicted octanol–water partition coefficient (Wildman–Crippen LogP) is 1.69. The van der Waals surface area contributed by atoms with Crippen LogP contribution in [0.25, 0.3) is 0 Å². The maximum Gasteiger partial charge on any atom is 0.229 e. The Kier molecular flexibility index (Phi) is 4.51. The number of aliphatic hydroxyl groups excluding tert-OH is 1. The standard InChI is InChI=1S/C13H19N3O3/c1-18-13(6-3-2-4-7-13)12-15-11(19-16-12)9-10(17)5-8-14/h10,17H,2-7,9H2,1H3. The third-order valence-corrected chi connectivity index (χ3v) is 3.66. The van der Waals surface area contributed by atoms with E-state index in [2.05, 4.69) is 10.1 Å². The van der Waals surface area contributed by atoms with Gasteiger partial charge in [-0.2, -0.15) is 10.2 Å². The molecule has 1 aromatic rings. The Morgan fingerprint density at radius 2 is 2.21 bits per heavy atom. The molecular weight excluding hydrogens is 246 g/mol. The van der Waals surface area contributed by atoms with E-state index in [1.807, 2.05) is 6.07 Å². The largest absolute Gasteiger partial charge is 0.392 e. The first-order chi connectivity index (χ1) is 9.20. The highest BCUT2D eigenvalue weighted by molar-refractivity contribution is 5.03. The molecular formula is C13H19N3O3. The van der Waals surface area contributed by atoms with E-state index in [0.717, 1.165) is 25.7 Å². The normalized spacial score (nSPS) is 19.8. The van der Waals surface area contributed by atoms with Gasteiger partial charge in [0.25, 0.3) is 0 Å². The summed E-state index contributed by atoms with van der Waals surface area (Å²) in [6, 6.07) is 1.91. The maximum atomic E-state index is 9.56. The molecule has 0 spiro atoms. The average molecular weight is 265 g/mol. The minimum absolute atomic E-state index is 0.0626. The smallest absolute Gasteiger partial charge is 0.229 e. The summed E-state index contributed by atoms with van der Waals surface area (Å²) in [4.78, 5) is 4.33. The summed E-state index contributed by atoms with van der Waals surface area (Å²) in [5.74, 6) is 0.925. The highest BCUT2D eigenvalue weighted by Gasteiger charge is 2.38. The number of aromatic nitrogens is 2. The number of nitriles is 1. The van der Waals surface area contributed by atoms with E-state index in [0.29, 0.717) is 11.7 Å². The second-order valence-corrected chi connectivity index (χ2v) is 4.99. The maximum absolute atomic E-state index is 9.56. The van der Waals surface area contributed by atoms with Crippen LogP contribution in [-0.2, 0) is 16.8 Å². The summed E-state index contributed by atoms with van der Waals surface area (Å²) >= 11 is 0. The Labute approximate surface area is 112 Å². The van der Waals surface area contributed by atoms with Gasteiger partial charge in [0.2, 0.25) is 11.7 Å². The molecule has 2 rings (SSSR count). The van der Waals surface area contributed by atoms with Gasteiger partial charge >= 0.3 is 0 Å². The molecule has 1 unspecified atom stereocenters. The van der Waals surface area contributed by atoms with Crippen LogP contribution in [0.2, 0.25) is 0 Å². The van der Waals surface area contributed by atoms with Crippen molar-refractivity contribution in [3.05, 3.63) is 11.7 Å². The van der Waals surface area contributed by atoms with Crippen LogP contribution in [0.4, 0.5) is 0 Å². The number of hydrogen-bond donors (Lipinski definition) is 1. The number of methoxy groups -OCH3 is 1. The molecule has 1 aliphatic carbocycles. The van der Waals surface area contributed by atoms with Gasteiger partial charge in [-0.1, -0.05) is 24.4 Å². The molecule has 1 aliphatic rings. The van der Waals surface area contributed by atoms with Crippen molar-refractivity contribution in [2.45, 2.75) is 56.7 Å². The van der Waals surface area contributed by atoms with Crippen molar-refractivity contribution in [2.75, 3.05) is 7.11 Å². The Hall–Kier alpha value is -1.45. The highest BCUT2D eigenvalue weighted by Crippen LogP contribution is 2.38. The molecule has 1 saturated carbocycles. The van der Waals surface area contributed by atoms with Crippen LogP contribution in [0, 0.1) is 11.3 Å². The van der Waals surface area contributed by atoms with Gasteiger partial charge in [0.05, 0.1) is 25.0 Å². The van der Waals surface area contributed by atoms with Crippen molar-refractivity contribution in [3.63, 3.8) is 0 Å². The lowest BCUT2D eigenvalue weighted by Gasteiger charge is -2.32. The Bertz CT molecular complexity index is 446. The van der Waals surface area contributed by atoms with Crippen molar-refractivity contribution in [1.82, 2.24) is 10.1 Å². The summed E-state index contributed by atoms with van der Waals surface area (Å²) < 4.78 is 10.8. The van der Waals surface area contributed by atoms with Crippen LogP contribution in [0.5, 0.6) is 0 Å². The van der Waals surface area contributed by atoms with Crippen molar-refractivity contribution in [1.29, 1.82) is 5.26 Å². The number of nitrogens with zero attached hydrogens (tertiary/aromatic N) is 3. The fraction of sp³-hybridized carbons (Fsp3) is 0.769. The third kappa shape index (κ3) is 3.11. The van der Waals surface area contributed by atoms with Crippen molar-refractivity contribution in [3.8, 4) is 6.07 Å². The SMILES string of the molecule is COC1(c2noc(CC(O)CC#N)n2)CCCCC1. The molecule has 1 fully saturated rings. The van der Waals surface area contributed by atoms with Gasteiger partial charge in [0.1, 0.15) is 5.60 Å². The van der Waals surface area contributed by atoms with Crippen molar-refractivity contribution in [2.24, 2.45) is 0 Å². The van der Waals surface area contributed by atoms with E-state index in [1.165, 1.54) is 6.42 Å². The number of hydrogen-bond acceptors (Lipinski definition) is 6. The first kappa shape index (κ1) is 14.0. The van der Waals surface area contributed by atoms with Gasteiger partial charge in [-0.25, -0.2) is 0 Å². The van der Waals surface area contributed by atoms with E-state index < -0.39 is 11.7 Å². The zero-order chi connectivity index (χ0) is 13.7. The van der Waals surface area contributed by atoms with Gasteiger partial charge < -0.3 is 14.4 Å². The highest BCUT2D eigenvalue weighted by atomic mass is 16.5. The van der Waals surface area contributed by atoms with Crippen LogP contribution in [-0.4, -0.2) is 28.5 Å². The van der Waals surface area contributed by atoms with E-state index in [-0.39, 0.29) is 12.8 Å². The first-order valence-corrected chi connectivity index (χ1v) is 6.63.